The van der Waals surface area contributed by atoms with Crippen LogP contribution in [0.4, 0.5) is 0 Å². The molecule has 0 spiro atoms. The Labute approximate surface area is 124 Å². The van der Waals surface area contributed by atoms with Gasteiger partial charge in [0.2, 0.25) is 10.0 Å². The molecule has 1 aromatic carbocycles. The van der Waals surface area contributed by atoms with E-state index < -0.39 is 16.0 Å². The third-order valence-corrected chi connectivity index (χ3v) is 4.48. The highest BCUT2D eigenvalue weighted by Crippen LogP contribution is 2.23. The van der Waals surface area contributed by atoms with Crippen molar-refractivity contribution in [2.24, 2.45) is 5.14 Å². The number of primary sulfonamides is 1. The second-order valence-corrected chi connectivity index (χ2v) is 6.64. The number of methoxy groups -OCH3 is 1. The van der Waals surface area contributed by atoms with Gasteiger partial charge < -0.3 is 9.47 Å². The molecule has 0 atom stereocenters. The zero-order valence-electron chi connectivity index (χ0n) is 11.9. The van der Waals surface area contributed by atoms with Gasteiger partial charge in [-0.25, -0.2) is 18.4 Å². The first-order valence-electron chi connectivity index (χ1n) is 6.77. The van der Waals surface area contributed by atoms with Crippen LogP contribution in [-0.2, 0) is 26.1 Å². The first kappa shape index (κ1) is 15.9. The van der Waals surface area contributed by atoms with Crippen LogP contribution < -0.4 is 5.14 Å². The van der Waals surface area contributed by atoms with Crippen LogP contribution in [0.3, 0.4) is 0 Å². The highest BCUT2D eigenvalue weighted by Gasteiger charge is 2.22. The molecule has 0 aliphatic heterocycles. The second kappa shape index (κ2) is 6.55. The average Bonchev–Trinajstić information content (AvgIpc) is 2.91. The van der Waals surface area contributed by atoms with Gasteiger partial charge in [-0.15, -0.1) is 0 Å². The van der Waals surface area contributed by atoms with Crippen molar-refractivity contribution in [3.8, 4) is 0 Å². The summed E-state index contributed by atoms with van der Waals surface area (Å²) in [6.45, 7) is 0.101. The number of benzene rings is 1. The SMILES string of the molecule is COCc1ccc(C(=O)OC2CCCC2)cc1S(N)(=O)=O. The highest BCUT2D eigenvalue weighted by molar-refractivity contribution is 7.89. The fraction of sp³-hybridized carbons (Fsp3) is 0.500. The second-order valence-electron chi connectivity index (χ2n) is 5.11. The molecule has 1 aromatic rings. The van der Waals surface area contributed by atoms with E-state index in [1.807, 2.05) is 0 Å². The minimum atomic E-state index is -3.93. The summed E-state index contributed by atoms with van der Waals surface area (Å²) in [6.07, 6.45) is 3.74. The fourth-order valence-corrected chi connectivity index (χ4v) is 3.23. The number of hydrogen-bond acceptors (Lipinski definition) is 5. The van der Waals surface area contributed by atoms with E-state index in [2.05, 4.69) is 0 Å². The zero-order valence-corrected chi connectivity index (χ0v) is 12.7. The van der Waals surface area contributed by atoms with Gasteiger partial charge in [0.15, 0.2) is 0 Å². The summed E-state index contributed by atoms with van der Waals surface area (Å²) >= 11 is 0. The standard InChI is InChI=1S/C14H19NO5S/c1-19-9-11-7-6-10(8-13(11)21(15,17)18)14(16)20-12-4-2-3-5-12/h6-8,12H,2-5,9H2,1H3,(H2,15,17,18). The Balaban J connectivity index is 2.26. The topological polar surface area (TPSA) is 95.7 Å². The number of sulfonamides is 1. The summed E-state index contributed by atoms with van der Waals surface area (Å²) in [7, 11) is -2.47. The first-order valence-corrected chi connectivity index (χ1v) is 8.32. The van der Waals surface area contributed by atoms with E-state index in [4.69, 9.17) is 14.6 Å². The summed E-state index contributed by atoms with van der Waals surface area (Å²) in [4.78, 5) is 12.0. The van der Waals surface area contributed by atoms with Crippen molar-refractivity contribution in [3.05, 3.63) is 29.3 Å². The van der Waals surface area contributed by atoms with Crippen LogP contribution in [0.2, 0.25) is 0 Å². The Kier molecular flexibility index (Phi) is 4.97. The molecule has 0 aromatic heterocycles. The van der Waals surface area contributed by atoms with Crippen molar-refractivity contribution in [1.29, 1.82) is 0 Å². The Bertz CT molecular complexity index is 620. The van der Waals surface area contributed by atoms with E-state index in [1.165, 1.54) is 25.3 Å². The van der Waals surface area contributed by atoms with Gasteiger partial charge in [-0.1, -0.05) is 6.07 Å². The van der Waals surface area contributed by atoms with E-state index in [1.54, 1.807) is 0 Å². The number of ether oxygens (including phenoxy) is 2. The fourth-order valence-electron chi connectivity index (χ4n) is 2.45. The summed E-state index contributed by atoms with van der Waals surface area (Å²) in [5.41, 5.74) is 0.600. The quantitative estimate of drug-likeness (QED) is 0.833. The molecule has 0 amide bonds. The normalized spacial score (nSPS) is 16.1. The van der Waals surface area contributed by atoms with E-state index in [-0.39, 0.29) is 23.2 Å². The predicted octanol–water partition coefficient (Wildman–Crippen LogP) is 1.58. The molecule has 21 heavy (non-hydrogen) atoms. The molecule has 0 heterocycles. The number of carbonyl (C=O) groups excluding carboxylic acids is 1. The predicted molar refractivity (Wildman–Crippen MR) is 76.2 cm³/mol. The number of rotatable bonds is 5. The molecule has 0 bridgehead atoms. The van der Waals surface area contributed by atoms with Crippen molar-refractivity contribution in [2.45, 2.75) is 43.3 Å². The zero-order chi connectivity index (χ0) is 15.5. The Morgan fingerprint density at radius 1 is 1.33 bits per heavy atom. The lowest BCUT2D eigenvalue weighted by molar-refractivity contribution is 0.0317. The molecule has 2 rings (SSSR count). The minimum Gasteiger partial charge on any atom is -0.459 e. The molecule has 116 valence electrons. The van der Waals surface area contributed by atoms with E-state index in [0.717, 1.165) is 25.7 Å². The third-order valence-electron chi connectivity index (χ3n) is 3.49. The maximum absolute atomic E-state index is 12.1. The third kappa shape index (κ3) is 4.03. The number of carbonyl (C=O) groups is 1. The Morgan fingerprint density at radius 3 is 2.57 bits per heavy atom. The highest BCUT2D eigenvalue weighted by atomic mass is 32.2. The van der Waals surface area contributed by atoms with E-state index in [9.17, 15) is 13.2 Å². The molecule has 6 nitrogen and oxygen atoms in total. The minimum absolute atomic E-state index is 0.0749. The van der Waals surface area contributed by atoms with Gasteiger partial charge in [0.1, 0.15) is 6.10 Å². The maximum Gasteiger partial charge on any atom is 0.338 e. The number of nitrogens with two attached hydrogens (primary N) is 1. The van der Waals surface area contributed by atoms with Gasteiger partial charge in [0, 0.05) is 7.11 Å². The molecule has 0 unspecified atom stereocenters. The molecule has 2 N–H and O–H groups in total. The van der Waals surface area contributed by atoms with Crippen molar-refractivity contribution in [2.75, 3.05) is 7.11 Å². The van der Waals surface area contributed by atoms with Crippen LogP contribution in [0.1, 0.15) is 41.6 Å². The lowest BCUT2D eigenvalue weighted by Gasteiger charge is -2.13. The summed E-state index contributed by atoms with van der Waals surface area (Å²) in [5.74, 6) is -0.518. The molecule has 1 aliphatic carbocycles. The van der Waals surface area contributed by atoms with Crippen molar-refractivity contribution in [3.63, 3.8) is 0 Å². The van der Waals surface area contributed by atoms with Crippen LogP contribution in [0.25, 0.3) is 0 Å². The summed E-state index contributed by atoms with van der Waals surface area (Å²) < 4.78 is 33.5. The van der Waals surface area contributed by atoms with Gasteiger partial charge in [-0.3, -0.25) is 0 Å². The van der Waals surface area contributed by atoms with Crippen LogP contribution in [-0.4, -0.2) is 27.6 Å². The maximum atomic E-state index is 12.1. The monoisotopic (exact) mass is 313 g/mol. The lowest BCUT2D eigenvalue weighted by Crippen LogP contribution is -2.18. The molecule has 1 fully saturated rings. The van der Waals surface area contributed by atoms with Gasteiger partial charge in [0.05, 0.1) is 17.1 Å². The van der Waals surface area contributed by atoms with Crippen LogP contribution in [0.5, 0.6) is 0 Å². The van der Waals surface area contributed by atoms with Gasteiger partial charge >= 0.3 is 5.97 Å². The van der Waals surface area contributed by atoms with Gasteiger partial charge in [-0.2, -0.15) is 0 Å². The number of esters is 1. The smallest absolute Gasteiger partial charge is 0.338 e. The lowest BCUT2D eigenvalue weighted by atomic mass is 10.1. The Hall–Kier alpha value is -1.44. The summed E-state index contributed by atoms with van der Waals surface area (Å²) in [6, 6.07) is 4.30. The van der Waals surface area contributed by atoms with Gasteiger partial charge in [-0.05, 0) is 43.4 Å². The molecule has 1 aliphatic rings. The molecular formula is C14H19NO5S. The number of hydrogen-bond donors (Lipinski definition) is 1. The Morgan fingerprint density at radius 2 is 2.00 bits per heavy atom. The van der Waals surface area contributed by atoms with Crippen LogP contribution >= 0.6 is 0 Å². The largest absolute Gasteiger partial charge is 0.459 e. The van der Waals surface area contributed by atoms with Crippen LogP contribution in [0.15, 0.2) is 23.1 Å². The first-order chi connectivity index (χ1) is 9.91. The molecular weight excluding hydrogens is 294 g/mol. The molecule has 0 radical (unpaired) electrons. The molecule has 1 saturated carbocycles. The van der Waals surface area contributed by atoms with Gasteiger partial charge in [0.25, 0.3) is 0 Å². The van der Waals surface area contributed by atoms with Crippen molar-refractivity contribution < 1.29 is 22.7 Å². The van der Waals surface area contributed by atoms with Crippen molar-refractivity contribution in [1.82, 2.24) is 0 Å². The van der Waals surface area contributed by atoms with E-state index >= 15 is 0 Å². The van der Waals surface area contributed by atoms with Crippen molar-refractivity contribution >= 4 is 16.0 Å². The molecule has 7 heteroatoms. The summed E-state index contributed by atoms with van der Waals surface area (Å²) in [5, 5.41) is 5.19. The van der Waals surface area contributed by atoms with Crippen LogP contribution in [0, 0.1) is 0 Å². The van der Waals surface area contributed by atoms with E-state index in [0.29, 0.717) is 5.56 Å². The molecule has 0 saturated heterocycles. The average molecular weight is 313 g/mol.